The lowest BCUT2D eigenvalue weighted by Gasteiger charge is -2.28. The zero-order chi connectivity index (χ0) is 18.4. The molecule has 7 nitrogen and oxygen atoms in total. The average molecular weight is 389 g/mol. The molecule has 2 heterocycles. The van der Waals surface area contributed by atoms with Crippen LogP contribution in [0.15, 0.2) is 27.4 Å². The van der Waals surface area contributed by atoms with Gasteiger partial charge in [0, 0.05) is 18.9 Å². The number of phenolic OH excluding ortho intramolecular Hbond substituents is 1. The number of carbonyl (C=O) groups is 1. The molecule has 0 saturated carbocycles. The van der Waals surface area contributed by atoms with Gasteiger partial charge >= 0.3 is 11.6 Å². The van der Waals surface area contributed by atoms with Crippen molar-refractivity contribution in [1.82, 2.24) is 0 Å². The number of aliphatic hydroxyl groups excluding tert-OH is 1. The van der Waals surface area contributed by atoms with Gasteiger partial charge < -0.3 is 24.1 Å². The molecule has 0 radical (unpaired) electrons. The number of esters is 1. The zero-order valence-electron chi connectivity index (χ0n) is 13.0. The number of aromatic hydroxyl groups is 1. The summed E-state index contributed by atoms with van der Waals surface area (Å²) in [5, 5.41) is 20.0. The molecule has 134 valence electrons. The van der Waals surface area contributed by atoms with Crippen molar-refractivity contribution in [2.45, 2.75) is 29.4 Å². The number of hydrogen-bond donors (Lipinski definition) is 2. The van der Waals surface area contributed by atoms with Gasteiger partial charge in [0.05, 0.1) is 7.11 Å². The highest BCUT2D eigenvalue weighted by molar-refractivity contribution is 6.45. The van der Waals surface area contributed by atoms with Gasteiger partial charge in [0.15, 0.2) is 11.7 Å². The van der Waals surface area contributed by atoms with Gasteiger partial charge in [-0.15, -0.1) is 23.2 Å². The second kappa shape index (κ2) is 6.40. The molecule has 0 bridgehead atoms. The molecule has 2 atom stereocenters. The fourth-order valence-electron chi connectivity index (χ4n) is 2.87. The molecule has 3 rings (SSSR count). The monoisotopic (exact) mass is 388 g/mol. The van der Waals surface area contributed by atoms with Gasteiger partial charge in [0.25, 0.3) is 0 Å². The van der Waals surface area contributed by atoms with Crippen molar-refractivity contribution >= 4 is 39.9 Å². The minimum Gasteiger partial charge on any atom is -0.507 e. The first-order valence-electron chi connectivity index (χ1n) is 7.28. The molecular weight excluding hydrogens is 375 g/mol. The quantitative estimate of drug-likeness (QED) is 0.608. The molecule has 1 saturated heterocycles. The summed E-state index contributed by atoms with van der Waals surface area (Å²) in [7, 11) is 1.42. The highest BCUT2D eigenvalue weighted by Crippen LogP contribution is 2.39. The van der Waals surface area contributed by atoms with Crippen molar-refractivity contribution < 1.29 is 28.9 Å². The van der Waals surface area contributed by atoms with E-state index in [2.05, 4.69) is 0 Å². The number of phenols is 1. The van der Waals surface area contributed by atoms with Crippen molar-refractivity contribution in [3.8, 4) is 11.5 Å². The smallest absolute Gasteiger partial charge is 0.347 e. The number of cyclic esters (lactones) is 1. The van der Waals surface area contributed by atoms with Crippen LogP contribution in [-0.2, 0) is 16.0 Å². The Balaban J connectivity index is 2.07. The van der Waals surface area contributed by atoms with E-state index in [9.17, 15) is 19.8 Å². The van der Waals surface area contributed by atoms with E-state index in [-0.39, 0.29) is 29.7 Å². The third-order valence-electron chi connectivity index (χ3n) is 4.09. The molecule has 0 amide bonds. The van der Waals surface area contributed by atoms with Gasteiger partial charge in [0.1, 0.15) is 27.5 Å². The fourth-order valence-corrected chi connectivity index (χ4v) is 3.29. The lowest BCUT2D eigenvalue weighted by Crippen LogP contribution is -2.39. The van der Waals surface area contributed by atoms with Crippen LogP contribution in [0.5, 0.6) is 11.5 Å². The molecule has 2 N–H and O–H groups in total. The second-order valence-corrected chi connectivity index (χ2v) is 6.89. The van der Waals surface area contributed by atoms with Gasteiger partial charge in [-0.1, -0.05) is 0 Å². The highest BCUT2D eigenvalue weighted by Gasteiger charge is 2.51. The topological polar surface area (TPSA) is 106 Å². The maximum absolute atomic E-state index is 12.2. The minimum atomic E-state index is -1.41. The van der Waals surface area contributed by atoms with E-state index in [4.69, 9.17) is 37.1 Å². The molecule has 9 heteroatoms. The predicted octanol–water partition coefficient (Wildman–Crippen LogP) is 1.90. The van der Waals surface area contributed by atoms with Gasteiger partial charge in [-0.25, -0.2) is 9.59 Å². The lowest BCUT2D eigenvalue weighted by molar-refractivity contribution is -0.152. The Kier molecular flexibility index (Phi) is 4.57. The Bertz CT molecular complexity index is 892. The summed E-state index contributed by atoms with van der Waals surface area (Å²) < 4.78 is 15.4. The fraction of sp³-hybridized carbons (Fsp3) is 0.375. The SMILES string of the molecule is COc1cc(O)c2c(=O)oc(C[C@@]3(C(Cl)Cl)C[C@@H](O)C(=O)O3)cc2c1. The van der Waals surface area contributed by atoms with Crippen molar-refractivity contribution in [3.05, 3.63) is 34.4 Å². The van der Waals surface area contributed by atoms with Crippen LogP contribution >= 0.6 is 23.2 Å². The maximum atomic E-state index is 12.2. The number of hydrogen-bond acceptors (Lipinski definition) is 7. The van der Waals surface area contributed by atoms with Gasteiger partial charge in [-0.2, -0.15) is 0 Å². The summed E-state index contributed by atoms with van der Waals surface area (Å²) in [6.07, 6.45) is -1.60. The molecule has 1 aliphatic heterocycles. The van der Waals surface area contributed by atoms with Crippen molar-refractivity contribution in [2.24, 2.45) is 0 Å². The summed E-state index contributed by atoms with van der Waals surface area (Å²) in [5.41, 5.74) is -2.18. The molecule has 1 aromatic carbocycles. The number of alkyl halides is 2. The molecule has 1 fully saturated rings. The highest BCUT2D eigenvalue weighted by atomic mass is 35.5. The third kappa shape index (κ3) is 3.15. The maximum Gasteiger partial charge on any atom is 0.347 e. The Hall–Kier alpha value is -1.96. The van der Waals surface area contributed by atoms with Crippen LogP contribution < -0.4 is 10.4 Å². The largest absolute Gasteiger partial charge is 0.507 e. The number of methoxy groups -OCH3 is 1. The van der Waals surface area contributed by atoms with Crippen LogP contribution in [0, 0.1) is 0 Å². The summed E-state index contributed by atoms with van der Waals surface area (Å²) in [5.74, 6) is -0.627. The Morgan fingerprint density at radius 3 is 2.64 bits per heavy atom. The second-order valence-electron chi connectivity index (χ2n) is 5.79. The number of benzene rings is 1. The Labute approximate surface area is 151 Å². The van der Waals surface area contributed by atoms with Crippen LogP contribution in [0.25, 0.3) is 10.8 Å². The zero-order valence-corrected chi connectivity index (χ0v) is 14.5. The number of fused-ring (bicyclic) bond motifs is 1. The standard InChI is InChI=1S/C16H14Cl2O7/c1-23-8-2-7-3-9(24-14(22)12(7)10(19)4-8)5-16(15(17)18)6-11(20)13(21)25-16/h2-4,11,15,19-20H,5-6H2,1H3/t11-,16+/m1/s1. The van der Waals surface area contributed by atoms with Crippen LogP contribution in [0.2, 0.25) is 0 Å². The predicted molar refractivity (Wildman–Crippen MR) is 89.3 cm³/mol. The average Bonchev–Trinajstić information content (AvgIpc) is 2.81. The van der Waals surface area contributed by atoms with Crippen molar-refractivity contribution in [3.63, 3.8) is 0 Å². The molecule has 0 spiro atoms. The van der Waals surface area contributed by atoms with E-state index in [0.717, 1.165) is 0 Å². The Morgan fingerprint density at radius 2 is 2.08 bits per heavy atom. The third-order valence-corrected chi connectivity index (χ3v) is 4.88. The molecule has 1 aliphatic rings. The molecule has 0 unspecified atom stereocenters. The van der Waals surface area contributed by atoms with Gasteiger partial charge in [-0.05, 0) is 17.5 Å². The lowest BCUT2D eigenvalue weighted by atomic mass is 9.94. The van der Waals surface area contributed by atoms with Gasteiger partial charge in [-0.3, -0.25) is 0 Å². The van der Waals surface area contributed by atoms with Crippen LogP contribution in [0.1, 0.15) is 12.2 Å². The number of carbonyl (C=O) groups excluding carboxylic acids is 1. The van der Waals surface area contributed by atoms with E-state index in [1.54, 1.807) is 6.07 Å². The van der Waals surface area contributed by atoms with E-state index in [1.807, 2.05) is 0 Å². The normalized spacial score (nSPS) is 23.2. The van der Waals surface area contributed by atoms with E-state index in [1.165, 1.54) is 19.2 Å². The molecular formula is C16H14Cl2O7. The summed E-state index contributed by atoms with van der Waals surface area (Å²) >= 11 is 11.9. The van der Waals surface area contributed by atoms with Crippen molar-refractivity contribution in [2.75, 3.05) is 7.11 Å². The number of ether oxygens (including phenoxy) is 2. The van der Waals surface area contributed by atoms with Crippen molar-refractivity contribution in [1.29, 1.82) is 0 Å². The number of halogens is 2. The molecule has 2 aromatic rings. The summed E-state index contributed by atoms with van der Waals surface area (Å²) in [6.45, 7) is 0. The van der Waals surface area contributed by atoms with Crippen LogP contribution in [0.3, 0.4) is 0 Å². The first-order valence-corrected chi connectivity index (χ1v) is 8.16. The summed E-state index contributed by atoms with van der Waals surface area (Å²) in [4.78, 5) is 22.6. The molecule has 25 heavy (non-hydrogen) atoms. The first-order chi connectivity index (χ1) is 11.8. The number of rotatable bonds is 4. The summed E-state index contributed by atoms with van der Waals surface area (Å²) in [6, 6.07) is 4.34. The van der Waals surface area contributed by atoms with E-state index in [0.29, 0.717) is 11.1 Å². The Morgan fingerprint density at radius 1 is 1.36 bits per heavy atom. The van der Waals surface area contributed by atoms with E-state index < -0.39 is 28.1 Å². The van der Waals surface area contributed by atoms with E-state index >= 15 is 0 Å². The number of aliphatic hydroxyl groups is 1. The minimum absolute atomic E-state index is 0.00431. The van der Waals surface area contributed by atoms with Crippen LogP contribution in [0.4, 0.5) is 0 Å². The first kappa shape index (κ1) is 17.8. The van der Waals surface area contributed by atoms with Gasteiger partial charge in [0.2, 0.25) is 0 Å². The molecule has 1 aromatic heterocycles. The van der Waals surface area contributed by atoms with Crippen LogP contribution in [-0.4, -0.2) is 39.8 Å². The molecule has 0 aliphatic carbocycles.